The van der Waals surface area contributed by atoms with Gasteiger partial charge in [0, 0.05) is 0 Å². The van der Waals surface area contributed by atoms with Crippen molar-refractivity contribution in [1.29, 1.82) is 0 Å². The molecule has 1 aromatic rings. The molecule has 90 valence electrons. The number of allylic oxidation sites excluding steroid dienone is 4. The third-order valence-electron chi connectivity index (χ3n) is 3.38. The largest absolute Gasteiger partial charge is 0.0655 e. The fourth-order valence-electron chi connectivity index (χ4n) is 2.63. The zero-order chi connectivity index (χ0) is 12.1. The summed E-state index contributed by atoms with van der Waals surface area (Å²) in [5.41, 5.74) is 6.17. The molecule has 2 rings (SSSR count). The van der Waals surface area contributed by atoms with Gasteiger partial charge in [0.1, 0.15) is 0 Å². The standard InChI is InChI=1S/C17H22/c1-3-8-14-12-16(9-4-2)17(13-14)15-10-6-5-7-11-15/h5-7,10-12H,3-4,8-9,13H2,1-2H3. The fourth-order valence-corrected chi connectivity index (χ4v) is 2.63. The summed E-state index contributed by atoms with van der Waals surface area (Å²) in [5.74, 6) is 0. The molecule has 0 spiro atoms. The van der Waals surface area contributed by atoms with Gasteiger partial charge in [-0.1, -0.05) is 68.7 Å². The van der Waals surface area contributed by atoms with Gasteiger partial charge in [0.15, 0.2) is 0 Å². The fraction of sp³-hybridized carbons (Fsp3) is 0.412. The van der Waals surface area contributed by atoms with Crippen LogP contribution in [-0.2, 0) is 0 Å². The third-order valence-corrected chi connectivity index (χ3v) is 3.38. The van der Waals surface area contributed by atoms with E-state index in [0.29, 0.717) is 0 Å². The van der Waals surface area contributed by atoms with Crippen LogP contribution >= 0.6 is 0 Å². The molecular weight excluding hydrogens is 204 g/mol. The zero-order valence-electron chi connectivity index (χ0n) is 11.0. The smallest absolute Gasteiger partial charge is 0.00552 e. The molecule has 0 unspecified atom stereocenters. The molecule has 17 heavy (non-hydrogen) atoms. The van der Waals surface area contributed by atoms with Crippen LogP contribution in [-0.4, -0.2) is 0 Å². The predicted molar refractivity (Wildman–Crippen MR) is 75.9 cm³/mol. The number of rotatable bonds is 5. The Kier molecular flexibility index (Phi) is 4.19. The molecule has 0 fully saturated rings. The van der Waals surface area contributed by atoms with E-state index in [1.807, 2.05) is 0 Å². The average molecular weight is 226 g/mol. The lowest BCUT2D eigenvalue weighted by atomic mass is 9.98. The van der Waals surface area contributed by atoms with Crippen LogP contribution < -0.4 is 0 Å². The summed E-state index contributed by atoms with van der Waals surface area (Å²) < 4.78 is 0. The van der Waals surface area contributed by atoms with Crippen LogP contribution in [0.3, 0.4) is 0 Å². The van der Waals surface area contributed by atoms with Crippen molar-refractivity contribution >= 4 is 5.57 Å². The van der Waals surface area contributed by atoms with Crippen molar-refractivity contribution in [2.24, 2.45) is 0 Å². The third kappa shape index (κ3) is 2.88. The monoisotopic (exact) mass is 226 g/mol. The van der Waals surface area contributed by atoms with E-state index in [4.69, 9.17) is 0 Å². The molecule has 1 aliphatic carbocycles. The van der Waals surface area contributed by atoms with Crippen LogP contribution in [0.25, 0.3) is 5.57 Å². The van der Waals surface area contributed by atoms with Crippen LogP contribution in [0.1, 0.15) is 51.5 Å². The minimum Gasteiger partial charge on any atom is -0.0655 e. The topological polar surface area (TPSA) is 0 Å². The van der Waals surface area contributed by atoms with Crippen LogP contribution in [0, 0.1) is 0 Å². The maximum absolute atomic E-state index is 2.45. The first-order valence-corrected chi connectivity index (χ1v) is 6.82. The molecule has 0 aromatic heterocycles. The average Bonchev–Trinajstić information content (AvgIpc) is 2.74. The first kappa shape index (κ1) is 12.2. The molecule has 0 radical (unpaired) electrons. The van der Waals surface area contributed by atoms with Gasteiger partial charge in [-0.25, -0.2) is 0 Å². The molecule has 0 N–H and O–H groups in total. The lowest BCUT2D eigenvalue weighted by molar-refractivity contribution is 0.888. The molecule has 0 bridgehead atoms. The second kappa shape index (κ2) is 5.86. The first-order valence-electron chi connectivity index (χ1n) is 6.82. The lowest BCUT2D eigenvalue weighted by Gasteiger charge is -2.07. The molecule has 0 aliphatic heterocycles. The van der Waals surface area contributed by atoms with Gasteiger partial charge in [-0.15, -0.1) is 0 Å². The Bertz CT molecular complexity index is 421. The van der Waals surface area contributed by atoms with Crippen LogP contribution in [0.15, 0.2) is 47.6 Å². The number of benzene rings is 1. The molecule has 0 heteroatoms. The summed E-state index contributed by atoms with van der Waals surface area (Å²) in [5, 5.41) is 0. The maximum Gasteiger partial charge on any atom is -0.00552 e. The second-order valence-electron chi connectivity index (χ2n) is 4.85. The minimum atomic E-state index is 1.17. The first-order chi connectivity index (χ1) is 8.35. The molecular formula is C17H22. The van der Waals surface area contributed by atoms with E-state index in [2.05, 4.69) is 50.3 Å². The molecule has 0 atom stereocenters. The van der Waals surface area contributed by atoms with E-state index in [-0.39, 0.29) is 0 Å². The van der Waals surface area contributed by atoms with Gasteiger partial charge in [-0.3, -0.25) is 0 Å². The quantitative estimate of drug-likeness (QED) is 0.633. The minimum absolute atomic E-state index is 1.17. The Morgan fingerprint density at radius 1 is 0.941 bits per heavy atom. The van der Waals surface area contributed by atoms with Crippen LogP contribution in [0.2, 0.25) is 0 Å². The van der Waals surface area contributed by atoms with Crippen molar-refractivity contribution in [3.63, 3.8) is 0 Å². The summed E-state index contributed by atoms with van der Waals surface area (Å²) in [6, 6.07) is 10.9. The highest BCUT2D eigenvalue weighted by Gasteiger charge is 2.15. The SMILES string of the molecule is CCCC1=CC(CCC)=C(c2ccccc2)C1. The lowest BCUT2D eigenvalue weighted by Crippen LogP contribution is -1.86. The van der Waals surface area contributed by atoms with Gasteiger partial charge in [0.05, 0.1) is 0 Å². The van der Waals surface area contributed by atoms with Gasteiger partial charge >= 0.3 is 0 Å². The summed E-state index contributed by atoms with van der Waals surface area (Å²) >= 11 is 0. The molecule has 0 saturated heterocycles. The zero-order valence-corrected chi connectivity index (χ0v) is 11.0. The molecule has 0 amide bonds. The number of hydrogen-bond acceptors (Lipinski definition) is 0. The summed E-state index contributed by atoms with van der Waals surface area (Å²) in [7, 11) is 0. The van der Waals surface area contributed by atoms with Crippen molar-refractivity contribution in [2.75, 3.05) is 0 Å². The maximum atomic E-state index is 2.45. The highest BCUT2D eigenvalue weighted by atomic mass is 14.2. The van der Waals surface area contributed by atoms with Crippen molar-refractivity contribution in [1.82, 2.24) is 0 Å². The van der Waals surface area contributed by atoms with E-state index >= 15 is 0 Å². The summed E-state index contributed by atoms with van der Waals surface area (Å²) in [6.45, 7) is 4.53. The van der Waals surface area contributed by atoms with Crippen LogP contribution in [0.5, 0.6) is 0 Å². The van der Waals surface area contributed by atoms with E-state index < -0.39 is 0 Å². The Morgan fingerprint density at radius 2 is 1.65 bits per heavy atom. The summed E-state index contributed by atoms with van der Waals surface area (Å²) in [6.07, 6.45) is 8.60. The van der Waals surface area contributed by atoms with Crippen molar-refractivity contribution in [2.45, 2.75) is 46.0 Å². The van der Waals surface area contributed by atoms with E-state index in [0.717, 1.165) is 0 Å². The molecule has 0 heterocycles. The van der Waals surface area contributed by atoms with Crippen molar-refractivity contribution < 1.29 is 0 Å². The van der Waals surface area contributed by atoms with Gasteiger partial charge in [-0.05, 0) is 36.0 Å². The normalized spacial score (nSPS) is 15.3. The Morgan fingerprint density at radius 3 is 2.29 bits per heavy atom. The molecule has 0 saturated carbocycles. The van der Waals surface area contributed by atoms with E-state index in [1.165, 1.54) is 37.7 Å². The number of hydrogen-bond donors (Lipinski definition) is 0. The van der Waals surface area contributed by atoms with Gasteiger partial charge < -0.3 is 0 Å². The molecule has 1 aliphatic rings. The Balaban J connectivity index is 2.24. The van der Waals surface area contributed by atoms with E-state index in [1.54, 1.807) is 16.7 Å². The molecule has 1 aromatic carbocycles. The van der Waals surface area contributed by atoms with Gasteiger partial charge in [0.2, 0.25) is 0 Å². The highest BCUT2D eigenvalue weighted by Crippen LogP contribution is 2.36. The van der Waals surface area contributed by atoms with Gasteiger partial charge in [0.25, 0.3) is 0 Å². The predicted octanol–water partition coefficient (Wildman–Crippen LogP) is 5.37. The van der Waals surface area contributed by atoms with Crippen LogP contribution in [0.4, 0.5) is 0 Å². The van der Waals surface area contributed by atoms with Crippen molar-refractivity contribution in [3.8, 4) is 0 Å². The Labute approximate surface area is 105 Å². The second-order valence-corrected chi connectivity index (χ2v) is 4.85. The highest BCUT2D eigenvalue weighted by molar-refractivity contribution is 5.76. The molecule has 0 nitrogen and oxygen atoms in total. The summed E-state index contributed by atoms with van der Waals surface area (Å²) in [4.78, 5) is 0. The van der Waals surface area contributed by atoms with Gasteiger partial charge in [-0.2, -0.15) is 0 Å². The van der Waals surface area contributed by atoms with Crippen molar-refractivity contribution in [3.05, 3.63) is 53.1 Å². The Hall–Kier alpha value is -1.30. The van der Waals surface area contributed by atoms with E-state index in [9.17, 15) is 0 Å².